The summed E-state index contributed by atoms with van der Waals surface area (Å²) in [4.78, 5) is 128. The second-order valence-electron chi connectivity index (χ2n) is 33.1. The zero-order chi connectivity index (χ0) is 95.8. The average Bonchev–Trinajstić information content (AvgIpc) is 1.30. The van der Waals surface area contributed by atoms with Crippen LogP contribution in [0.2, 0.25) is 40.2 Å². The first-order valence-corrected chi connectivity index (χ1v) is 47.2. The van der Waals surface area contributed by atoms with Gasteiger partial charge in [0.05, 0.1) is 24.2 Å². The number of hydrogen-bond acceptors (Lipinski definition) is 16. The maximum absolute atomic E-state index is 13.6. The Bertz CT molecular complexity index is 4650. The number of ether oxygens (including phenoxy) is 4. The van der Waals surface area contributed by atoms with E-state index in [0.717, 1.165) is 70.2 Å². The Morgan fingerprint density at radius 2 is 0.447 bits per heavy atom. The van der Waals surface area contributed by atoms with Crippen LogP contribution in [-0.2, 0) is 76.5 Å². The third-order valence-corrected chi connectivity index (χ3v) is 26.5. The van der Waals surface area contributed by atoms with Crippen LogP contribution in [0.25, 0.3) is 0 Å². The highest BCUT2D eigenvalue weighted by molar-refractivity contribution is 6.32. The molecule has 4 amide bonds. The summed E-state index contributed by atoms with van der Waals surface area (Å²) in [5.41, 5.74) is 7.98. The number of nitrogens with zero attached hydrogens (tertiary/aromatic N) is 4. The van der Waals surface area contributed by atoms with Gasteiger partial charge in [-0.15, -0.1) is 26.3 Å². The smallest absolute Gasteiger partial charge is 0.358 e. The molecule has 4 heterocycles. The molecule has 0 bridgehead atoms. The lowest BCUT2D eigenvalue weighted by atomic mass is 9.88. The van der Waals surface area contributed by atoms with Gasteiger partial charge in [-0.3, -0.25) is 19.2 Å². The molecule has 0 aromatic heterocycles. The quantitative estimate of drug-likeness (QED) is 0.0413. The van der Waals surface area contributed by atoms with E-state index in [4.69, 9.17) is 150 Å². The van der Waals surface area contributed by atoms with Gasteiger partial charge in [-0.05, 0) is 242 Å². The molecular formula is C104H108Cl8N4O16. The molecule has 8 aromatic rings. The molecule has 8 fully saturated rings. The minimum Gasteiger partial charge on any atom is -0.358 e. The van der Waals surface area contributed by atoms with E-state index in [9.17, 15) is 19.2 Å². The number of rotatable bonds is 28. The normalized spacial score (nSPS) is 23.2. The van der Waals surface area contributed by atoms with Gasteiger partial charge in [0.25, 0.3) is 23.6 Å². The summed E-state index contributed by atoms with van der Waals surface area (Å²) in [7, 11) is 0. The number of benzene rings is 8. The maximum atomic E-state index is 13.6. The van der Waals surface area contributed by atoms with Crippen LogP contribution >= 0.6 is 92.8 Å². The zero-order valence-corrected chi connectivity index (χ0v) is 79.9. The van der Waals surface area contributed by atoms with Crippen LogP contribution in [0.4, 0.5) is 0 Å². The largest absolute Gasteiger partial charge is 0.373 e. The number of morpholine rings is 4. The Morgan fingerprint density at radius 3 is 0.583 bits per heavy atom. The number of hydrogen-bond donors (Lipinski definition) is 0. The summed E-state index contributed by atoms with van der Waals surface area (Å²) >= 11 is 49.9. The van der Waals surface area contributed by atoms with E-state index in [1.807, 2.05) is 194 Å². The van der Waals surface area contributed by atoms with E-state index in [1.54, 1.807) is 24.3 Å². The molecule has 0 unspecified atom stereocenters. The topological polar surface area (TPSA) is 255 Å². The minimum absolute atomic E-state index is 0.0480. The lowest BCUT2D eigenvalue weighted by Crippen LogP contribution is -2.55. The summed E-state index contributed by atoms with van der Waals surface area (Å²) in [5, 5.41) is 5.32. The number of amides is 4. The maximum Gasteiger partial charge on any atom is 0.373 e. The molecule has 28 heteroatoms. The van der Waals surface area contributed by atoms with Crippen LogP contribution in [-0.4, -0.2) is 116 Å². The predicted molar refractivity (Wildman–Crippen MR) is 507 cm³/mol. The molecule has 4 saturated carbocycles. The Balaban J connectivity index is 0.000000190. The Labute approximate surface area is 811 Å². The fourth-order valence-electron chi connectivity index (χ4n) is 18.5. The van der Waals surface area contributed by atoms with Crippen molar-refractivity contribution >= 4 is 141 Å². The van der Waals surface area contributed by atoms with Gasteiger partial charge >= 0.3 is 24.6 Å². The lowest BCUT2D eigenvalue weighted by Gasteiger charge is -2.48. The van der Waals surface area contributed by atoms with Crippen molar-refractivity contribution in [1.29, 1.82) is 0 Å². The molecule has 0 N–H and O–H groups in total. The first-order chi connectivity index (χ1) is 63.8. The van der Waals surface area contributed by atoms with Gasteiger partial charge in [-0.1, -0.05) is 242 Å². The molecule has 20 nitrogen and oxygen atoms in total. The van der Waals surface area contributed by atoms with E-state index >= 15 is 0 Å². The van der Waals surface area contributed by atoms with Gasteiger partial charge in [-0.2, -0.15) is 38.4 Å². The monoisotopic (exact) mass is 1950 g/mol. The Kier molecular flexibility index (Phi) is 42.4. The summed E-state index contributed by atoms with van der Waals surface area (Å²) in [6, 6.07) is 61.8. The first-order valence-electron chi connectivity index (χ1n) is 44.1. The summed E-state index contributed by atoms with van der Waals surface area (Å²) in [6.45, 7) is 24.0. The minimum atomic E-state index is -0.539. The highest BCUT2D eigenvalue weighted by atomic mass is 35.5. The highest BCUT2D eigenvalue weighted by Crippen LogP contribution is 2.54. The molecule has 16 rings (SSSR count). The van der Waals surface area contributed by atoms with Crippen LogP contribution in [0.15, 0.2) is 245 Å². The second kappa shape index (κ2) is 52.8. The van der Waals surface area contributed by atoms with E-state index in [0.29, 0.717) is 89.5 Å². The number of halogens is 8. The summed E-state index contributed by atoms with van der Waals surface area (Å²) in [6.07, 6.45) is 19.6. The molecule has 132 heavy (non-hydrogen) atoms. The van der Waals surface area contributed by atoms with Crippen LogP contribution in [0, 0.1) is 23.7 Å². The van der Waals surface area contributed by atoms with Crippen LogP contribution in [0.5, 0.6) is 0 Å². The first kappa shape index (κ1) is 106. The molecule has 8 aliphatic rings. The van der Waals surface area contributed by atoms with Crippen molar-refractivity contribution in [1.82, 2.24) is 19.6 Å². The molecule has 696 valence electrons. The fraction of sp³-hybridized carbons (Fsp3) is 0.385. The number of carbonyl (C=O) groups is 4. The number of carbonyl (C=O) groups excluding carboxylic acids is 12. The highest BCUT2D eigenvalue weighted by Gasteiger charge is 2.54. The van der Waals surface area contributed by atoms with Crippen molar-refractivity contribution in [2.45, 2.75) is 228 Å². The molecule has 4 saturated heterocycles. The van der Waals surface area contributed by atoms with Crippen molar-refractivity contribution in [2.75, 3.05) is 0 Å². The Hall–Kier alpha value is -9.72. The Morgan fingerprint density at radius 1 is 0.280 bits per heavy atom. The van der Waals surface area contributed by atoms with Crippen LogP contribution in [0.3, 0.4) is 0 Å². The standard InChI is InChI=1S/4C25H27Cl2NO2.4CO2/c4*1-3-6-22-25(29)28(21(4-2)16-9-10-16)23(17-11-13-19(26)14-12-17)24(30-22)18-7-5-8-20(27)15-18;4*2-1-3/h4*3,5,7-8,11-16,21-24H,1,4,6,9-10H2,2H3;;;;/t2*21-,22+,23-,24+;2*21-,22-,23+,24-;;;;/m1010..../s1. The van der Waals surface area contributed by atoms with Gasteiger partial charge < -0.3 is 38.5 Å². The van der Waals surface area contributed by atoms with Crippen LogP contribution < -0.4 is 0 Å². The zero-order valence-electron chi connectivity index (χ0n) is 73.8. The third kappa shape index (κ3) is 28.2. The summed E-state index contributed by atoms with van der Waals surface area (Å²) < 4.78 is 25.8. The van der Waals surface area contributed by atoms with Crippen molar-refractivity contribution < 1.29 is 76.5 Å². The molecule has 0 spiro atoms. The lowest BCUT2D eigenvalue weighted by molar-refractivity contribution is -0.193. The van der Waals surface area contributed by atoms with Gasteiger partial charge in [-0.25, -0.2) is 0 Å². The third-order valence-electron chi connectivity index (χ3n) is 24.6. The van der Waals surface area contributed by atoms with Crippen molar-refractivity contribution in [3.05, 3.63) is 329 Å². The van der Waals surface area contributed by atoms with Crippen molar-refractivity contribution in [3.8, 4) is 0 Å². The van der Waals surface area contributed by atoms with Crippen molar-refractivity contribution in [3.63, 3.8) is 0 Å². The van der Waals surface area contributed by atoms with Gasteiger partial charge in [0.2, 0.25) is 0 Å². The molecular weight excluding hydrogens is 1840 g/mol. The fourth-order valence-corrected chi connectivity index (χ4v) is 19.8. The van der Waals surface area contributed by atoms with Crippen LogP contribution in [0.1, 0.15) is 224 Å². The van der Waals surface area contributed by atoms with Gasteiger partial charge in [0.1, 0.15) is 48.8 Å². The SMILES string of the molecule is C=CC[C@@H]1O[C@@H](c2cccc(Cl)c2)[C@@H](c2ccc(Cl)cc2)N([C@@H](CC)C2CC2)C1=O.C=CC[C@@H]1O[C@@H](c2cccc(Cl)c2)[C@@H](c2ccc(Cl)cc2)N([C@H](CC)C2CC2)C1=O.C=CC[C@H]1O[C@H](c2cccc(Cl)c2)[C@H](c2ccc(Cl)cc2)N([C@@H](CC)C2CC2)C1=O.C=CC[C@H]1O[C@H](c2cccc(Cl)c2)[C@H](c2ccc(Cl)cc2)N([C@H](CC)C2CC2)C1=O.O=C=O.O=C=O.O=C=O.O=C=O. The van der Waals surface area contributed by atoms with E-state index in [1.165, 1.54) is 51.4 Å². The molecule has 4 aliphatic carbocycles. The van der Waals surface area contributed by atoms with Gasteiger partial charge in [0, 0.05) is 90.0 Å². The molecule has 0 radical (unpaired) electrons. The van der Waals surface area contributed by atoms with Gasteiger partial charge in [0.15, 0.2) is 0 Å². The second-order valence-corrected chi connectivity index (χ2v) is 36.5. The molecule has 8 aromatic carbocycles. The summed E-state index contributed by atoms with van der Waals surface area (Å²) in [5.74, 6) is 2.40. The van der Waals surface area contributed by atoms with Crippen molar-refractivity contribution in [2.24, 2.45) is 23.7 Å². The molecule has 16 atom stereocenters. The average molecular weight is 1950 g/mol. The van der Waals surface area contributed by atoms with E-state index < -0.39 is 24.4 Å². The molecule has 4 aliphatic heterocycles. The predicted octanol–water partition coefficient (Wildman–Crippen LogP) is 24.7. The van der Waals surface area contributed by atoms with E-state index in [-0.39, 0.29) is 121 Å². The van der Waals surface area contributed by atoms with E-state index in [2.05, 4.69) is 73.6 Å².